The van der Waals surface area contributed by atoms with Crippen molar-refractivity contribution < 1.29 is 0 Å². The second-order valence-electron chi connectivity index (χ2n) is 13.0. The van der Waals surface area contributed by atoms with Crippen molar-refractivity contribution in [1.82, 2.24) is 0 Å². The van der Waals surface area contributed by atoms with Crippen LogP contribution in [0.1, 0.15) is 47.6 Å². The van der Waals surface area contributed by atoms with Crippen LogP contribution in [-0.2, 0) is 6.42 Å². The Labute approximate surface area is 298 Å². The van der Waals surface area contributed by atoms with Crippen molar-refractivity contribution in [2.75, 3.05) is 0 Å². The Balaban J connectivity index is 0.000000178. The summed E-state index contributed by atoms with van der Waals surface area (Å²) in [6.45, 7) is 8.79. The minimum atomic E-state index is 0.431. The molecule has 7 rings (SSSR count). The first-order valence-electron chi connectivity index (χ1n) is 17.7. The largest absolute Gasteiger partial charge is 0.0877 e. The first-order valence-corrected chi connectivity index (χ1v) is 17.7. The lowest BCUT2D eigenvalue weighted by Gasteiger charge is -2.20. The maximum absolute atomic E-state index is 2.39. The number of hydrogen-bond donors (Lipinski definition) is 0. The molecule has 0 amide bonds. The van der Waals surface area contributed by atoms with E-state index >= 15 is 0 Å². The minimum Gasteiger partial charge on any atom is -0.0877 e. The SMILES string of the molecule is C\C=C/C=C\C=C\c1c2ccccc2c(C)c2ccccc12.Cc1ccccc1CC(C)c1cc(-c2ccccc2)ccc1-c1ccccc1. The third kappa shape index (κ3) is 7.94. The summed E-state index contributed by atoms with van der Waals surface area (Å²) in [5.74, 6) is 0.431. The van der Waals surface area contributed by atoms with Crippen molar-refractivity contribution >= 4 is 27.6 Å². The van der Waals surface area contributed by atoms with E-state index in [2.05, 4.69) is 197 Å². The molecular formula is C50H46. The van der Waals surface area contributed by atoms with Crippen LogP contribution < -0.4 is 0 Å². The molecule has 0 heteroatoms. The summed E-state index contributed by atoms with van der Waals surface area (Å²) in [7, 11) is 0. The molecule has 0 radical (unpaired) electrons. The molecule has 0 saturated heterocycles. The number of benzene rings is 7. The highest BCUT2D eigenvalue weighted by molar-refractivity contribution is 6.09. The molecule has 7 aromatic carbocycles. The summed E-state index contributed by atoms with van der Waals surface area (Å²) in [6, 6.07) is 54.4. The maximum atomic E-state index is 2.39. The van der Waals surface area contributed by atoms with E-state index < -0.39 is 0 Å². The summed E-state index contributed by atoms with van der Waals surface area (Å²) in [5.41, 5.74) is 12.0. The molecule has 7 aromatic rings. The van der Waals surface area contributed by atoms with Crippen LogP contribution in [-0.4, -0.2) is 0 Å². The van der Waals surface area contributed by atoms with Crippen molar-refractivity contribution in [1.29, 1.82) is 0 Å². The highest BCUT2D eigenvalue weighted by atomic mass is 14.2. The summed E-state index contributed by atoms with van der Waals surface area (Å²) >= 11 is 0. The standard InChI is InChI=1S/C28H26.C22H20/c1-21-11-9-10-16-25(21)19-22(2)28-20-26(23-12-5-3-6-13-23)17-18-27(28)24-14-7-4-8-15-24;1-3-4-5-6-7-14-22-20-15-10-8-12-18(20)17(2)19-13-9-11-16-21(19)22/h3-18,20,22H,19H2,1-2H3;3-16H,1-2H3/b;4-3-,6-5-,14-7+. The zero-order valence-corrected chi connectivity index (χ0v) is 29.7. The van der Waals surface area contributed by atoms with Crippen LogP contribution in [0.4, 0.5) is 0 Å². The first-order chi connectivity index (χ1) is 24.5. The smallest absolute Gasteiger partial charge is 0.00992 e. The lowest BCUT2D eigenvalue weighted by molar-refractivity contribution is 0.757. The van der Waals surface area contributed by atoms with E-state index in [4.69, 9.17) is 0 Å². The highest BCUT2D eigenvalue weighted by Crippen LogP contribution is 2.36. The van der Waals surface area contributed by atoms with Crippen molar-refractivity contribution in [2.45, 2.75) is 40.0 Å². The van der Waals surface area contributed by atoms with Crippen molar-refractivity contribution in [3.63, 3.8) is 0 Å². The number of aryl methyl sites for hydroxylation is 2. The molecule has 0 aliphatic rings. The van der Waals surface area contributed by atoms with Crippen LogP contribution in [0.3, 0.4) is 0 Å². The van der Waals surface area contributed by atoms with Gasteiger partial charge in [0.05, 0.1) is 0 Å². The Morgan fingerprint density at radius 3 is 1.66 bits per heavy atom. The molecule has 0 spiro atoms. The van der Waals surface area contributed by atoms with Gasteiger partial charge in [-0.1, -0.05) is 195 Å². The van der Waals surface area contributed by atoms with Gasteiger partial charge in [0.25, 0.3) is 0 Å². The second-order valence-corrected chi connectivity index (χ2v) is 13.0. The zero-order valence-electron chi connectivity index (χ0n) is 29.7. The number of rotatable bonds is 8. The second kappa shape index (κ2) is 16.6. The van der Waals surface area contributed by atoms with Gasteiger partial charge in [-0.25, -0.2) is 0 Å². The van der Waals surface area contributed by atoms with E-state index in [1.807, 2.05) is 19.1 Å². The van der Waals surface area contributed by atoms with Gasteiger partial charge >= 0.3 is 0 Å². The highest BCUT2D eigenvalue weighted by Gasteiger charge is 2.15. The molecule has 0 aliphatic carbocycles. The Morgan fingerprint density at radius 1 is 0.500 bits per heavy atom. The Kier molecular flexibility index (Phi) is 11.3. The molecule has 0 N–H and O–H groups in total. The quantitative estimate of drug-likeness (QED) is 0.114. The minimum absolute atomic E-state index is 0.431. The monoisotopic (exact) mass is 646 g/mol. The molecule has 0 nitrogen and oxygen atoms in total. The average molecular weight is 647 g/mol. The Morgan fingerprint density at radius 2 is 1.04 bits per heavy atom. The summed E-state index contributed by atoms with van der Waals surface area (Å²) < 4.78 is 0. The number of hydrogen-bond acceptors (Lipinski definition) is 0. The molecule has 0 aliphatic heterocycles. The van der Waals surface area contributed by atoms with Gasteiger partial charge in [0.2, 0.25) is 0 Å². The van der Waals surface area contributed by atoms with Gasteiger partial charge in [0, 0.05) is 0 Å². The van der Waals surface area contributed by atoms with Crippen LogP contribution in [0.2, 0.25) is 0 Å². The fraction of sp³-hybridized carbons (Fsp3) is 0.120. The van der Waals surface area contributed by atoms with Crippen molar-refractivity contribution in [3.8, 4) is 22.3 Å². The van der Waals surface area contributed by atoms with Gasteiger partial charge in [-0.15, -0.1) is 0 Å². The topological polar surface area (TPSA) is 0 Å². The third-order valence-electron chi connectivity index (χ3n) is 9.59. The van der Waals surface area contributed by atoms with Gasteiger partial charge in [-0.2, -0.15) is 0 Å². The zero-order chi connectivity index (χ0) is 34.7. The Bertz CT molecular complexity index is 2210. The molecule has 246 valence electrons. The van der Waals surface area contributed by atoms with Gasteiger partial charge in [-0.05, 0) is 105 Å². The fourth-order valence-corrected chi connectivity index (χ4v) is 6.89. The summed E-state index contributed by atoms with van der Waals surface area (Å²) in [6.07, 6.45) is 13.6. The van der Waals surface area contributed by atoms with E-state index in [-0.39, 0.29) is 0 Å². The number of allylic oxidation sites excluding steroid dienone is 5. The molecule has 1 atom stereocenters. The van der Waals surface area contributed by atoms with Gasteiger partial charge in [-0.3, -0.25) is 0 Å². The number of fused-ring (bicyclic) bond motifs is 2. The Hall–Kier alpha value is -5.72. The van der Waals surface area contributed by atoms with Crippen LogP contribution in [0.15, 0.2) is 182 Å². The van der Waals surface area contributed by atoms with E-state index in [1.165, 1.54) is 71.6 Å². The molecule has 1 unspecified atom stereocenters. The van der Waals surface area contributed by atoms with E-state index in [0.29, 0.717) is 5.92 Å². The van der Waals surface area contributed by atoms with E-state index in [1.54, 1.807) is 0 Å². The van der Waals surface area contributed by atoms with Crippen LogP contribution >= 0.6 is 0 Å². The average Bonchev–Trinajstić information content (AvgIpc) is 3.17. The summed E-state index contributed by atoms with van der Waals surface area (Å²) in [4.78, 5) is 0. The van der Waals surface area contributed by atoms with Crippen LogP contribution in [0.5, 0.6) is 0 Å². The normalized spacial score (nSPS) is 12.2. The summed E-state index contributed by atoms with van der Waals surface area (Å²) in [5, 5.41) is 5.29. The molecule has 0 saturated carbocycles. The molecule has 0 bridgehead atoms. The van der Waals surface area contributed by atoms with Crippen LogP contribution in [0.25, 0.3) is 49.9 Å². The van der Waals surface area contributed by atoms with Crippen LogP contribution in [0, 0.1) is 13.8 Å². The van der Waals surface area contributed by atoms with E-state index in [0.717, 1.165) is 6.42 Å². The fourth-order valence-electron chi connectivity index (χ4n) is 6.89. The van der Waals surface area contributed by atoms with Gasteiger partial charge < -0.3 is 0 Å². The predicted octanol–water partition coefficient (Wildman–Crippen LogP) is 14.1. The van der Waals surface area contributed by atoms with Gasteiger partial charge in [0.1, 0.15) is 0 Å². The lowest BCUT2D eigenvalue weighted by atomic mass is 9.85. The molecular weight excluding hydrogens is 601 g/mol. The lowest BCUT2D eigenvalue weighted by Crippen LogP contribution is -2.03. The van der Waals surface area contributed by atoms with Gasteiger partial charge in [0.15, 0.2) is 0 Å². The molecule has 0 fully saturated rings. The third-order valence-corrected chi connectivity index (χ3v) is 9.59. The van der Waals surface area contributed by atoms with Crippen molar-refractivity contribution in [3.05, 3.63) is 210 Å². The molecule has 0 heterocycles. The molecule has 0 aromatic heterocycles. The predicted molar refractivity (Wildman–Crippen MR) is 220 cm³/mol. The van der Waals surface area contributed by atoms with Crippen molar-refractivity contribution in [2.24, 2.45) is 0 Å². The van der Waals surface area contributed by atoms with E-state index in [9.17, 15) is 0 Å². The maximum Gasteiger partial charge on any atom is -0.00992 e. The molecule has 50 heavy (non-hydrogen) atoms. The first kappa shape index (κ1) is 34.2.